The van der Waals surface area contributed by atoms with E-state index < -0.39 is 14.1 Å². The van der Waals surface area contributed by atoms with Crippen molar-refractivity contribution in [2.75, 3.05) is 6.61 Å². The Hall–Kier alpha value is 0.162. The molecule has 98 valence electrons. The van der Waals surface area contributed by atoms with Gasteiger partial charge in [0, 0.05) is 11.9 Å². The average molecular weight is 256 g/mol. The highest BCUT2D eigenvalue weighted by Crippen LogP contribution is 2.49. The Labute approximate surface area is 107 Å². The molecular weight excluding hydrogens is 231 g/mol. The van der Waals surface area contributed by atoms with Crippen LogP contribution in [-0.2, 0) is 13.9 Å². The van der Waals surface area contributed by atoms with E-state index >= 15 is 0 Å². The van der Waals surface area contributed by atoms with E-state index in [1.807, 2.05) is 0 Å². The van der Waals surface area contributed by atoms with Gasteiger partial charge in [-0.25, -0.2) is 0 Å². The van der Waals surface area contributed by atoms with Gasteiger partial charge in [-0.1, -0.05) is 27.7 Å². The summed E-state index contributed by atoms with van der Waals surface area (Å²) in [6.07, 6.45) is 0.110. The van der Waals surface area contributed by atoms with E-state index in [1.165, 1.54) is 0 Å². The Kier molecular flexibility index (Phi) is 3.06. The lowest BCUT2D eigenvalue weighted by Gasteiger charge is -2.39. The zero-order chi connectivity index (χ0) is 13.1. The maximum absolute atomic E-state index is 6.51. The zero-order valence-corrected chi connectivity index (χ0v) is 13.2. The predicted molar refractivity (Wildman–Crippen MR) is 73.3 cm³/mol. The van der Waals surface area contributed by atoms with Crippen LogP contribution in [0.1, 0.15) is 27.7 Å². The summed E-state index contributed by atoms with van der Waals surface area (Å²) in [5.41, 5.74) is 0. The molecule has 1 spiro atoms. The van der Waals surface area contributed by atoms with Crippen LogP contribution in [0.5, 0.6) is 0 Å². The molecule has 0 N–H and O–H groups in total. The van der Waals surface area contributed by atoms with Crippen molar-refractivity contribution in [1.29, 1.82) is 0 Å². The molecule has 2 fully saturated rings. The van der Waals surface area contributed by atoms with Crippen LogP contribution >= 0.6 is 0 Å². The van der Waals surface area contributed by atoms with Crippen molar-refractivity contribution in [2.24, 2.45) is 5.92 Å². The summed E-state index contributed by atoms with van der Waals surface area (Å²) in [4.78, 5) is 0. The van der Waals surface area contributed by atoms with E-state index in [-0.39, 0.29) is 17.1 Å². The van der Waals surface area contributed by atoms with Crippen molar-refractivity contribution in [3.8, 4) is 0 Å². The molecule has 2 saturated heterocycles. The van der Waals surface area contributed by atoms with Gasteiger partial charge in [0.05, 0.1) is 0 Å². The van der Waals surface area contributed by atoms with Gasteiger partial charge in [-0.05, 0) is 18.1 Å². The second-order valence-corrected chi connectivity index (χ2v) is 11.8. The molecule has 2 rings (SSSR count). The van der Waals surface area contributed by atoms with E-state index in [0.717, 1.165) is 0 Å². The molecule has 5 heteroatoms. The molecule has 3 nitrogen and oxygen atoms in total. The molecule has 4 atom stereocenters. The molecule has 0 aliphatic carbocycles. The largest absolute Gasteiger partial charge is 0.408 e. The number of epoxide rings is 1. The minimum absolute atomic E-state index is 0.110. The van der Waals surface area contributed by atoms with Crippen molar-refractivity contribution >= 4 is 16.2 Å². The fourth-order valence-corrected chi connectivity index (χ4v) is 3.51. The SMILES string of the molecule is BC1OC2(CO2)C(O[Si](C)(C)C(C)(C)C)C1C. The molecule has 0 amide bonds. The number of ether oxygens (including phenoxy) is 2. The second kappa shape index (κ2) is 3.83. The summed E-state index contributed by atoms with van der Waals surface area (Å²) in [5, 5.41) is 0.231. The fourth-order valence-electron chi connectivity index (χ4n) is 2.13. The fraction of sp³-hybridized carbons (Fsp3) is 1.00. The average Bonchev–Trinajstić information content (AvgIpc) is 2.88. The summed E-state index contributed by atoms with van der Waals surface area (Å²) in [6, 6.07) is 0.229. The third kappa shape index (κ3) is 2.23. The summed E-state index contributed by atoms with van der Waals surface area (Å²) in [7, 11) is 0.364. The van der Waals surface area contributed by atoms with Crippen molar-refractivity contribution in [1.82, 2.24) is 0 Å². The van der Waals surface area contributed by atoms with Crippen LogP contribution in [-0.4, -0.2) is 40.7 Å². The maximum Gasteiger partial charge on any atom is 0.217 e. The van der Waals surface area contributed by atoms with E-state index in [1.54, 1.807) is 0 Å². The van der Waals surface area contributed by atoms with Crippen LogP contribution in [0.4, 0.5) is 0 Å². The standard InChI is InChI=1S/C12H25BO3Si/c1-8-9(12(7-14-12)15-10(8)13)16-17(5,6)11(2,3)4/h8-10H,7,13H2,1-6H3. The van der Waals surface area contributed by atoms with Gasteiger partial charge in [0.2, 0.25) is 5.79 Å². The molecule has 17 heavy (non-hydrogen) atoms. The Morgan fingerprint density at radius 2 is 1.88 bits per heavy atom. The molecule has 0 aromatic rings. The molecule has 2 heterocycles. The first-order valence-electron chi connectivity index (χ1n) is 6.59. The quantitative estimate of drug-likeness (QED) is 0.557. The normalized spacial score (nSPS) is 42.1. The third-order valence-electron chi connectivity index (χ3n) is 4.69. The molecule has 0 bridgehead atoms. The summed E-state index contributed by atoms with van der Waals surface area (Å²) >= 11 is 0. The molecule has 4 unspecified atom stereocenters. The molecular formula is C12H25BO3Si. The lowest BCUT2D eigenvalue weighted by atomic mass is 9.86. The van der Waals surface area contributed by atoms with Gasteiger partial charge < -0.3 is 13.9 Å². The van der Waals surface area contributed by atoms with Gasteiger partial charge >= 0.3 is 0 Å². The number of hydrogen-bond acceptors (Lipinski definition) is 3. The Morgan fingerprint density at radius 3 is 2.29 bits per heavy atom. The monoisotopic (exact) mass is 256 g/mol. The number of rotatable bonds is 2. The summed E-state index contributed by atoms with van der Waals surface area (Å²) in [6.45, 7) is 14.3. The minimum atomic E-state index is -1.75. The van der Waals surface area contributed by atoms with Gasteiger partial charge in [-0.15, -0.1) is 0 Å². The first-order valence-corrected chi connectivity index (χ1v) is 9.49. The summed E-state index contributed by atoms with van der Waals surface area (Å²) in [5.74, 6) is 0.000532. The van der Waals surface area contributed by atoms with E-state index in [9.17, 15) is 0 Å². The van der Waals surface area contributed by atoms with E-state index in [4.69, 9.17) is 13.9 Å². The van der Waals surface area contributed by atoms with Crippen molar-refractivity contribution < 1.29 is 13.9 Å². The zero-order valence-electron chi connectivity index (χ0n) is 12.2. The Bertz CT molecular complexity index is 309. The lowest BCUT2D eigenvalue weighted by molar-refractivity contribution is -0.0581. The van der Waals surface area contributed by atoms with Crippen LogP contribution in [0.15, 0.2) is 0 Å². The number of hydrogen-bond donors (Lipinski definition) is 0. The van der Waals surface area contributed by atoms with E-state index in [0.29, 0.717) is 12.5 Å². The van der Waals surface area contributed by atoms with Crippen LogP contribution in [0.2, 0.25) is 18.1 Å². The highest BCUT2D eigenvalue weighted by Gasteiger charge is 2.64. The van der Waals surface area contributed by atoms with Gasteiger partial charge in [0.25, 0.3) is 0 Å². The van der Waals surface area contributed by atoms with Crippen LogP contribution in [0.3, 0.4) is 0 Å². The first kappa shape index (κ1) is 13.6. The van der Waals surface area contributed by atoms with Gasteiger partial charge in [0.1, 0.15) is 20.6 Å². The highest BCUT2D eigenvalue weighted by molar-refractivity contribution is 6.74. The van der Waals surface area contributed by atoms with Crippen molar-refractivity contribution in [3.05, 3.63) is 0 Å². The van der Waals surface area contributed by atoms with Gasteiger partial charge in [-0.2, -0.15) is 0 Å². The van der Waals surface area contributed by atoms with Crippen LogP contribution in [0, 0.1) is 5.92 Å². The molecule has 2 aliphatic rings. The first-order chi connectivity index (χ1) is 7.59. The molecule has 0 aromatic heterocycles. The van der Waals surface area contributed by atoms with Crippen LogP contribution < -0.4 is 0 Å². The topological polar surface area (TPSA) is 31.0 Å². The minimum Gasteiger partial charge on any atom is -0.408 e. The van der Waals surface area contributed by atoms with Crippen molar-refractivity contribution in [3.63, 3.8) is 0 Å². The molecule has 0 saturated carbocycles. The molecule has 2 aliphatic heterocycles. The van der Waals surface area contributed by atoms with E-state index in [2.05, 4.69) is 48.6 Å². The predicted octanol–water partition coefficient (Wildman–Crippen LogP) is 1.73. The van der Waals surface area contributed by atoms with Crippen molar-refractivity contribution in [2.45, 2.75) is 63.7 Å². The van der Waals surface area contributed by atoms with Gasteiger partial charge in [0.15, 0.2) is 8.32 Å². The summed E-state index contributed by atoms with van der Waals surface area (Å²) < 4.78 is 18.0. The second-order valence-electron chi connectivity index (χ2n) is 7.08. The third-order valence-corrected chi connectivity index (χ3v) is 9.15. The molecule has 0 aromatic carbocycles. The highest BCUT2D eigenvalue weighted by atomic mass is 28.4. The Balaban J connectivity index is 2.13. The molecule has 0 radical (unpaired) electrons. The lowest BCUT2D eigenvalue weighted by Crippen LogP contribution is -2.48. The smallest absolute Gasteiger partial charge is 0.217 e. The maximum atomic E-state index is 6.51. The van der Waals surface area contributed by atoms with Crippen LogP contribution in [0.25, 0.3) is 0 Å². The van der Waals surface area contributed by atoms with Gasteiger partial charge in [-0.3, -0.25) is 0 Å². The Morgan fingerprint density at radius 1 is 1.35 bits per heavy atom.